The molecule has 1 N–H and O–H groups in total. The number of aliphatic hydroxyl groups excluding tert-OH is 1. The lowest BCUT2D eigenvalue weighted by molar-refractivity contribution is -0.132. The minimum Gasteiger partial charge on any atom is -0.389 e. The summed E-state index contributed by atoms with van der Waals surface area (Å²) < 4.78 is 5.22. The molecule has 1 atom stereocenters. The zero-order valence-corrected chi connectivity index (χ0v) is 14.1. The minimum atomic E-state index is -0.481. The first-order valence-corrected chi connectivity index (χ1v) is 8.37. The van der Waals surface area contributed by atoms with Crippen LogP contribution in [0.5, 0.6) is 0 Å². The van der Waals surface area contributed by atoms with Crippen LogP contribution in [0.15, 0.2) is 24.3 Å². The molecule has 0 aliphatic carbocycles. The van der Waals surface area contributed by atoms with Crippen LogP contribution in [0.2, 0.25) is 0 Å². The highest BCUT2D eigenvalue weighted by Gasteiger charge is 2.22. The fraction of sp³-hybridized carbons (Fsp3) is 0.556. The predicted molar refractivity (Wildman–Crippen MR) is 90.4 cm³/mol. The van der Waals surface area contributed by atoms with Crippen molar-refractivity contribution in [2.24, 2.45) is 0 Å². The van der Waals surface area contributed by atoms with Crippen molar-refractivity contribution in [2.45, 2.75) is 19.4 Å². The molecule has 6 nitrogen and oxygen atoms in total. The molecule has 0 bridgehead atoms. The molecular weight excluding hydrogens is 306 g/mol. The third-order valence-corrected chi connectivity index (χ3v) is 4.15. The zero-order chi connectivity index (χ0) is 17.4. The number of nitrogens with zero attached hydrogens (tertiary/aromatic N) is 3. The summed E-state index contributed by atoms with van der Waals surface area (Å²) in [5, 5.41) is 18.7. The average molecular weight is 331 g/mol. The fourth-order valence-electron chi connectivity index (χ4n) is 2.77. The van der Waals surface area contributed by atoms with Gasteiger partial charge in [-0.15, -0.1) is 0 Å². The maximum atomic E-state index is 12.4. The van der Waals surface area contributed by atoms with Gasteiger partial charge in [-0.2, -0.15) is 5.26 Å². The third kappa shape index (κ3) is 5.60. The van der Waals surface area contributed by atoms with Crippen molar-refractivity contribution >= 4 is 5.91 Å². The number of piperazine rings is 1. The molecular formula is C18H25N3O3. The molecule has 1 aromatic carbocycles. The summed E-state index contributed by atoms with van der Waals surface area (Å²) in [6, 6.07) is 9.21. The number of aliphatic hydroxyl groups is 1. The van der Waals surface area contributed by atoms with E-state index >= 15 is 0 Å². The average Bonchev–Trinajstić information content (AvgIpc) is 2.61. The molecule has 6 heteroatoms. The maximum Gasteiger partial charge on any atom is 0.227 e. The minimum absolute atomic E-state index is 0.106. The second-order valence-electron chi connectivity index (χ2n) is 5.98. The number of ether oxygens (including phenoxy) is 1. The van der Waals surface area contributed by atoms with Crippen LogP contribution in [-0.2, 0) is 16.0 Å². The predicted octanol–water partition coefficient (Wildman–Crippen LogP) is 0.642. The molecule has 0 aromatic heterocycles. The summed E-state index contributed by atoms with van der Waals surface area (Å²) in [6.45, 7) is 6.34. The van der Waals surface area contributed by atoms with Gasteiger partial charge in [-0.3, -0.25) is 9.69 Å². The Kier molecular flexibility index (Phi) is 7.19. The number of nitriles is 1. The highest BCUT2D eigenvalue weighted by Crippen LogP contribution is 2.09. The Labute approximate surface area is 143 Å². The molecule has 1 aliphatic rings. The Balaban J connectivity index is 1.75. The van der Waals surface area contributed by atoms with Crippen LogP contribution in [0, 0.1) is 11.3 Å². The molecule has 0 spiro atoms. The quantitative estimate of drug-likeness (QED) is 0.793. The number of amides is 1. The van der Waals surface area contributed by atoms with Crippen LogP contribution in [0.1, 0.15) is 18.1 Å². The van der Waals surface area contributed by atoms with Crippen molar-refractivity contribution in [3.63, 3.8) is 0 Å². The number of β-amino-alcohol motifs (C(OH)–C–C–N with tert-alkyl or cyclic N) is 1. The Morgan fingerprint density at radius 3 is 2.54 bits per heavy atom. The van der Waals surface area contributed by atoms with E-state index < -0.39 is 6.10 Å². The molecule has 1 saturated heterocycles. The SMILES string of the molecule is CCOC[C@@H](O)CN1CCN(C(=O)Cc2ccc(C#N)cc2)CC1. The van der Waals surface area contributed by atoms with E-state index in [1.54, 1.807) is 12.1 Å². The molecule has 0 saturated carbocycles. The first kappa shape index (κ1) is 18.4. The summed E-state index contributed by atoms with van der Waals surface area (Å²) in [7, 11) is 0. The second-order valence-corrected chi connectivity index (χ2v) is 5.98. The first-order chi connectivity index (χ1) is 11.6. The van der Waals surface area contributed by atoms with E-state index in [1.165, 1.54) is 0 Å². The largest absolute Gasteiger partial charge is 0.389 e. The molecule has 2 rings (SSSR count). The zero-order valence-electron chi connectivity index (χ0n) is 14.1. The van der Waals surface area contributed by atoms with Crippen LogP contribution in [-0.4, -0.2) is 72.9 Å². The van der Waals surface area contributed by atoms with Gasteiger partial charge < -0.3 is 14.7 Å². The van der Waals surface area contributed by atoms with E-state index in [0.29, 0.717) is 44.8 Å². The Morgan fingerprint density at radius 1 is 1.29 bits per heavy atom. The van der Waals surface area contributed by atoms with Crippen LogP contribution >= 0.6 is 0 Å². The van der Waals surface area contributed by atoms with Gasteiger partial charge in [0.25, 0.3) is 0 Å². The lowest BCUT2D eigenvalue weighted by atomic mass is 10.1. The number of benzene rings is 1. The lowest BCUT2D eigenvalue weighted by Crippen LogP contribution is -2.51. The number of carbonyl (C=O) groups is 1. The molecule has 1 aromatic rings. The highest BCUT2D eigenvalue weighted by molar-refractivity contribution is 5.78. The van der Waals surface area contributed by atoms with Crippen molar-refractivity contribution in [3.05, 3.63) is 35.4 Å². The van der Waals surface area contributed by atoms with E-state index in [0.717, 1.165) is 18.7 Å². The van der Waals surface area contributed by atoms with E-state index in [2.05, 4.69) is 11.0 Å². The van der Waals surface area contributed by atoms with Crippen molar-refractivity contribution in [3.8, 4) is 6.07 Å². The van der Waals surface area contributed by atoms with Crippen molar-refractivity contribution in [2.75, 3.05) is 45.9 Å². The molecule has 0 unspecified atom stereocenters. The number of rotatable bonds is 7. The Morgan fingerprint density at radius 2 is 1.96 bits per heavy atom. The first-order valence-electron chi connectivity index (χ1n) is 8.37. The van der Waals surface area contributed by atoms with Gasteiger partial charge >= 0.3 is 0 Å². The number of carbonyl (C=O) groups excluding carboxylic acids is 1. The van der Waals surface area contributed by atoms with Gasteiger partial charge in [0.15, 0.2) is 0 Å². The van der Waals surface area contributed by atoms with Crippen molar-refractivity contribution in [1.29, 1.82) is 5.26 Å². The molecule has 24 heavy (non-hydrogen) atoms. The van der Waals surface area contributed by atoms with Gasteiger partial charge in [0.1, 0.15) is 0 Å². The summed E-state index contributed by atoms with van der Waals surface area (Å²) in [4.78, 5) is 16.4. The van der Waals surface area contributed by atoms with Gasteiger partial charge in [-0.1, -0.05) is 12.1 Å². The van der Waals surface area contributed by atoms with Gasteiger partial charge in [0.2, 0.25) is 5.91 Å². The van der Waals surface area contributed by atoms with Gasteiger partial charge in [-0.25, -0.2) is 0 Å². The summed E-state index contributed by atoms with van der Waals surface area (Å²) in [6.07, 6.45) is -0.121. The summed E-state index contributed by atoms with van der Waals surface area (Å²) >= 11 is 0. The molecule has 0 radical (unpaired) electrons. The van der Waals surface area contributed by atoms with Gasteiger partial charge in [0.05, 0.1) is 30.8 Å². The number of hydrogen-bond acceptors (Lipinski definition) is 5. The molecule has 1 fully saturated rings. The van der Waals surface area contributed by atoms with Crippen LogP contribution in [0.3, 0.4) is 0 Å². The van der Waals surface area contributed by atoms with E-state index in [9.17, 15) is 9.90 Å². The third-order valence-electron chi connectivity index (χ3n) is 4.15. The topological polar surface area (TPSA) is 76.8 Å². The standard InChI is InChI=1S/C18H25N3O3/c1-2-24-14-17(22)13-20-7-9-21(10-8-20)18(23)11-15-3-5-16(12-19)6-4-15/h3-6,17,22H,2,7-11,13-14H2,1H3/t17-/m0/s1. The van der Waals surface area contributed by atoms with Crippen LogP contribution < -0.4 is 0 Å². The van der Waals surface area contributed by atoms with Crippen LogP contribution in [0.4, 0.5) is 0 Å². The molecule has 130 valence electrons. The summed E-state index contributed by atoms with van der Waals surface area (Å²) in [5.41, 5.74) is 1.53. The maximum absolute atomic E-state index is 12.4. The molecule has 1 heterocycles. The summed E-state index contributed by atoms with van der Waals surface area (Å²) in [5.74, 6) is 0.106. The normalized spacial score (nSPS) is 16.6. The van der Waals surface area contributed by atoms with E-state index in [-0.39, 0.29) is 5.91 Å². The monoisotopic (exact) mass is 331 g/mol. The smallest absolute Gasteiger partial charge is 0.227 e. The van der Waals surface area contributed by atoms with E-state index in [4.69, 9.17) is 10.00 Å². The Bertz CT molecular complexity index is 560. The van der Waals surface area contributed by atoms with Crippen molar-refractivity contribution in [1.82, 2.24) is 9.80 Å². The van der Waals surface area contributed by atoms with Gasteiger partial charge in [0, 0.05) is 39.3 Å². The molecule has 1 aliphatic heterocycles. The molecule has 1 amide bonds. The lowest BCUT2D eigenvalue weighted by Gasteiger charge is -2.35. The van der Waals surface area contributed by atoms with Crippen molar-refractivity contribution < 1.29 is 14.6 Å². The van der Waals surface area contributed by atoms with Crippen LogP contribution in [0.25, 0.3) is 0 Å². The van der Waals surface area contributed by atoms with Gasteiger partial charge in [-0.05, 0) is 24.6 Å². The Hall–Kier alpha value is -1.94. The van der Waals surface area contributed by atoms with E-state index in [1.807, 2.05) is 24.0 Å². The second kappa shape index (κ2) is 9.38. The highest BCUT2D eigenvalue weighted by atomic mass is 16.5. The fourth-order valence-corrected chi connectivity index (χ4v) is 2.77. The number of hydrogen-bond donors (Lipinski definition) is 1.